The van der Waals surface area contributed by atoms with E-state index in [1.165, 1.54) is 14.2 Å². The molecule has 13 heteroatoms. The van der Waals surface area contributed by atoms with E-state index in [2.05, 4.69) is 41.8 Å². The van der Waals surface area contributed by atoms with Gasteiger partial charge >= 0.3 is 0 Å². The van der Waals surface area contributed by atoms with Crippen LogP contribution in [0, 0.1) is 0 Å². The number of nitrogens with zero attached hydrogens (tertiary/aromatic N) is 3. The largest absolute Gasteiger partial charge is 0.477 e. The second-order valence-corrected chi connectivity index (χ2v) is 10.4. The van der Waals surface area contributed by atoms with Gasteiger partial charge in [0.25, 0.3) is 11.8 Å². The lowest BCUT2D eigenvalue weighted by Gasteiger charge is -2.23. The molecule has 1 heterocycles. The van der Waals surface area contributed by atoms with Crippen molar-refractivity contribution in [3.8, 4) is 11.8 Å². The van der Waals surface area contributed by atoms with Crippen LogP contribution in [-0.2, 0) is 20.0 Å². The molecule has 2 rings (SSSR count). The molecule has 0 spiro atoms. The molecule has 0 amide bonds. The summed E-state index contributed by atoms with van der Waals surface area (Å²) in [6.45, 7) is 0. The van der Waals surface area contributed by atoms with Gasteiger partial charge in [-0.1, -0.05) is 0 Å². The molecular formula is C12H13Br2N3O6S2. The second-order valence-electron chi connectivity index (χ2n) is 4.85. The smallest absolute Gasteiger partial charge is 0.278 e. The first-order valence-corrected chi connectivity index (χ1v) is 11.7. The van der Waals surface area contributed by atoms with E-state index < -0.39 is 20.0 Å². The average molecular weight is 519 g/mol. The fourth-order valence-electron chi connectivity index (χ4n) is 2.10. The van der Waals surface area contributed by atoms with E-state index in [0.717, 1.165) is 12.5 Å². The molecule has 0 aliphatic carbocycles. The number of halogens is 2. The van der Waals surface area contributed by atoms with Gasteiger partial charge in [-0.25, -0.2) is 26.8 Å². The molecular weight excluding hydrogens is 506 g/mol. The van der Waals surface area contributed by atoms with E-state index >= 15 is 0 Å². The number of methoxy groups -OCH3 is 2. The number of aromatic nitrogens is 2. The summed E-state index contributed by atoms with van der Waals surface area (Å²) < 4.78 is 59.7. The van der Waals surface area contributed by atoms with Crippen LogP contribution in [0.4, 0.5) is 5.69 Å². The Morgan fingerprint density at radius 1 is 0.960 bits per heavy atom. The first kappa shape index (κ1) is 20.1. The zero-order chi connectivity index (χ0) is 19.2. The summed E-state index contributed by atoms with van der Waals surface area (Å²) in [5, 5.41) is 0. The van der Waals surface area contributed by atoms with Gasteiger partial charge in [0, 0.05) is 4.47 Å². The van der Waals surface area contributed by atoms with Crippen LogP contribution in [0.15, 0.2) is 15.0 Å². The number of fused-ring (bicyclic) bond motifs is 1. The highest BCUT2D eigenvalue weighted by Gasteiger charge is 2.33. The van der Waals surface area contributed by atoms with Crippen LogP contribution in [0.25, 0.3) is 11.0 Å². The number of ether oxygens (including phenoxy) is 2. The van der Waals surface area contributed by atoms with Crippen molar-refractivity contribution in [1.82, 2.24) is 9.97 Å². The van der Waals surface area contributed by atoms with Crippen molar-refractivity contribution in [3.63, 3.8) is 0 Å². The Morgan fingerprint density at radius 2 is 1.44 bits per heavy atom. The number of benzene rings is 1. The molecule has 2 aromatic rings. The monoisotopic (exact) mass is 517 g/mol. The maximum absolute atomic E-state index is 12.2. The molecule has 0 saturated heterocycles. The van der Waals surface area contributed by atoms with Crippen LogP contribution in [0.5, 0.6) is 11.8 Å². The highest BCUT2D eigenvalue weighted by Crippen LogP contribution is 2.42. The predicted octanol–water partition coefficient (Wildman–Crippen LogP) is 1.90. The molecule has 0 aliphatic heterocycles. The van der Waals surface area contributed by atoms with E-state index in [1.807, 2.05) is 0 Å². The third-order valence-electron chi connectivity index (χ3n) is 2.94. The molecule has 25 heavy (non-hydrogen) atoms. The first-order valence-electron chi connectivity index (χ1n) is 6.40. The van der Waals surface area contributed by atoms with Gasteiger partial charge in [0.05, 0.1) is 36.7 Å². The molecule has 0 bridgehead atoms. The molecule has 0 N–H and O–H groups in total. The lowest BCUT2D eigenvalue weighted by atomic mass is 10.2. The molecule has 0 saturated carbocycles. The minimum atomic E-state index is -4.19. The third-order valence-corrected chi connectivity index (χ3v) is 8.09. The Bertz CT molecular complexity index is 1020. The molecule has 0 unspecified atom stereocenters. The van der Waals surface area contributed by atoms with Gasteiger partial charge in [0.15, 0.2) is 0 Å². The maximum atomic E-state index is 12.2. The molecule has 0 aliphatic rings. The Labute approximate surface area is 161 Å². The highest BCUT2D eigenvalue weighted by atomic mass is 79.9. The Balaban J connectivity index is 3.07. The lowest BCUT2D eigenvalue weighted by Crippen LogP contribution is -2.35. The Hall–Kier alpha value is -1.18. The van der Waals surface area contributed by atoms with Gasteiger partial charge < -0.3 is 9.47 Å². The molecule has 1 aromatic carbocycles. The normalized spacial score (nSPS) is 12.2. The molecule has 9 nitrogen and oxygen atoms in total. The van der Waals surface area contributed by atoms with Crippen LogP contribution in [0.1, 0.15) is 0 Å². The zero-order valence-corrected chi connectivity index (χ0v) is 18.2. The summed E-state index contributed by atoms with van der Waals surface area (Å²) in [7, 11) is -5.68. The van der Waals surface area contributed by atoms with Crippen LogP contribution in [0.2, 0.25) is 0 Å². The summed E-state index contributed by atoms with van der Waals surface area (Å²) in [4.78, 5) is 8.38. The van der Waals surface area contributed by atoms with Gasteiger partial charge in [-0.3, -0.25) is 0 Å². The average Bonchev–Trinajstić information content (AvgIpc) is 2.47. The van der Waals surface area contributed by atoms with Gasteiger partial charge in [0.2, 0.25) is 20.0 Å². The number of sulfonamides is 2. The SMILES string of the molecule is COc1nc2cc(Br)c(Br)c(N(S(C)(=O)=O)S(C)(=O)=O)c2nc1OC. The lowest BCUT2D eigenvalue weighted by molar-refractivity contribution is 0.334. The van der Waals surface area contributed by atoms with Gasteiger partial charge in [-0.2, -0.15) is 3.71 Å². The highest BCUT2D eigenvalue weighted by molar-refractivity contribution is 9.13. The molecule has 138 valence electrons. The van der Waals surface area contributed by atoms with Gasteiger partial charge in [-0.15, -0.1) is 0 Å². The molecule has 0 atom stereocenters. The fraction of sp³-hybridized carbons (Fsp3) is 0.333. The van der Waals surface area contributed by atoms with Crippen molar-refractivity contribution in [3.05, 3.63) is 15.0 Å². The van der Waals surface area contributed by atoms with Gasteiger partial charge in [-0.05, 0) is 37.9 Å². The number of rotatable bonds is 5. The number of anilines is 1. The standard InChI is InChI=1S/C12H13Br2N3O6S2/c1-22-11-12(23-2)16-9-7(15-11)5-6(13)8(14)10(9)17(24(3,18)19)25(4,20)21/h5H,1-4H3. The summed E-state index contributed by atoms with van der Waals surface area (Å²) in [5.74, 6) is 0.0489. The topological polar surface area (TPSA) is 116 Å². The summed E-state index contributed by atoms with van der Waals surface area (Å²) in [5.41, 5.74) is 0.00595. The number of hydrogen-bond acceptors (Lipinski definition) is 8. The van der Waals surface area contributed by atoms with E-state index in [9.17, 15) is 16.8 Å². The third kappa shape index (κ3) is 3.83. The van der Waals surface area contributed by atoms with E-state index in [0.29, 0.717) is 4.47 Å². The zero-order valence-electron chi connectivity index (χ0n) is 13.4. The van der Waals surface area contributed by atoms with Crippen LogP contribution < -0.4 is 13.2 Å². The Morgan fingerprint density at radius 3 is 1.88 bits per heavy atom. The van der Waals surface area contributed by atoms with Crippen LogP contribution in [0.3, 0.4) is 0 Å². The maximum Gasteiger partial charge on any atom is 0.278 e. The van der Waals surface area contributed by atoms with Crippen LogP contribution in [-0.4, -0.2) is 53.5 Å². The minimum Gasteiger partial charge on any atom is -0.477 e. The van der Waals surface area contributed by atoms with Crippen molar-refractivity contribution in [2.75, 3.05) is 30.4 Å². The quantitative estimate of drug-likeness (QED) is 0.589. The second kappa shape index (κ2) is 6.85. The van der Waals surface area contributed by atoms with Crippen molar-refractivity contribution >= 4 is 68.6 Å². The van der Waals surface area contributed by atoms with E-state index in [-0.39, 0.29) is 36.7 Å². The number of hydrogen-bond donors (Lipinski definition) is 0. The minimum absolute atomic E-state index is 0.00331. The molecule has 0 radical (unpaired) electrons. The summed E-state index contributed by atoms with van der Waals surface area (Å²) in [6.07, 6.45) is 1.56. The van der Waals surface area contributed by atoms with Crippen molar-refractivity contribution < 1.29 is 26.3 Å². The predicted molar refractivity (Wildman–Crippen MR) is 100 cm³/mol. The summed E-state index contributed by atoms with van der Waals surface area (Å²) >= 11 is 6.46. The van der Waals surface area contributed by atoms with Gasteiger partial charge in [0.1, 0.15) is 11.2 Å². The van der Waals surface area contributed by atoms with E-state index in [4.69, 9.17) is 9.47 Å². The van der Waals surface area contributed by atoms with Crippen molar-refractivity contribution in [2.45, 2.75) is 0 Å². The van der Waals surface area contributed by atoms with E-state index in [1.54, 1.807) is 6.07 Å². The molecule has 0 fully saturated rings. The molecule has 1 aromatic heterocycles. The van der Waals surface area contributed by atoms with Crippen molar-refractivity contribution in [1.29, 1.82) is 0 Å². The van der Waals surface area contributed by atoms with Crippen LogP contribution >= 0.6 is 31.9 Å². The summed E-state index contributed by atoms with van der Waals surface area (Å²) in [6, 6.07) is 1.54. The fourth-order valence-corrected chi connectivity index (χ4v) is 6.21. The first-order chi connectivity index (χ1) is 11.4. The van der Waals surface area contributed by atoms with Crippen molar-refractivity contribution in [2.24, 2.45) is 0 Å². The Kier molecular flexibility index (Phi) is 5.52.